The average Bonchev–Trinajstić information content (AvgIpc) is 2.70. The minimum absolute atomic E-state index is 0.253. The summed E-state index contributed by atoms with van der Waals surface area (Å²) < 4.78 is 0. The van der Waals surface area contributed by atoms with Crippen molar-refractivity contribution in [3.63, 3.8) is 0 Å². The average molecular weight is 251 g/mol. The highest BCUT2D eigenvalue weighted by Crippen LogP contribution is 2.20. The van der Waals surface area contributed by atoms with Crippen molar-refractivity contribution in [2.45, 2.75) is 6.92 Å². The van der Waals surface area contributed by atoms with E-state index < -0.39 is 0 Å². The van der Waals surface area contributed by atoms with E-state index in [4.69, 9.17) is 17.3 Å². The number of rotatable bonds is 2. The highest BCUT2D eigenvalue weighted by molar-refractivity contribution is 6.32. The molecule has 0 spiro atoms. The summed E-state index contributed by atoms with van der Waals surface area (Å²) in [5.74, 6) is -0.309. The molecule has 0 saturated carbocycles. The van der Waals surface area contributed by atoms with Gasteiger partial charge in [-0.1, -0.05) is 11.6 Å². The molecule has 0 aliphatic carbocycles. The Hall–Kier alpha value is -2.01. The first-order valence-corrected chi connectivity index (χ1v) is 5.31. The van der Waals surface area contributed by atoms with Crippen LogP contribution >= 0.6 is 11.6 Å². The van der Waals surface area contributed by atoms with Gasteiger partial charge in [0.05, 0.1) is 5.69 Å². The van der Waals surface area contributed by atoms with Crippen LogP contribution in [0.2, 0.25) is 5.15 Å². The van der Waals surface area contributed by atoms with Gasteiger partial charge in [-0.05, 0) is 24.6 Å². The number of anilines is 2. The zero-order valence-electron chi connectivity index (χ0n) is 9.12. The number of aromatic nitrogens is 2. The summed E-state index contributed by atoms with van der Waals surface area (Å²) in [6, 6.07) is 3.30. The number of hydrogen-bond acceptors (Lipinski definition) is 3. The van der Waals surface area contributed by atoms with Gasteiger partial charge in [0.25, 0.3) is 5.91 Å². The van der Waals surface area contributed by atoms with E-state index in [1.807, 2.05) is 6.92 Å². The van der Waals surface area contributed by atoms with E-state index in [0.29, 0.717) is 17.1 Å². The van der Waals surface area contributed by atoms with Crippen molar-refractivity contribution in [1.29, 1.82) is 0 Å². The summed E-state index contributed by atoms with van der Waals surface area (Å²) >= 11 is 5.87. The monoisotopic (exact) mass is 250 g/mol. The van der Waals surface area contributed by atoms with E-state index in [2.05, 4.69) is 15.3 Å². The maximum atomic E-state index is 11.8. The van der Waals surface area contributed by atoms with Crippen molar-refractivity contribution in [1.82, 2.24) is 9.97 Å². The summed E-state index contributed by atoms with van der Waals surface area (Å²) in [6.07, 6.45) is 3.18. The normalized spacial score (nSPS) is 10.2. The van der Waals surface area contributed by atoms with Gasteiger partial charge >= 0.3 is 0 Å². The molecular formula is C11H11ClN4O. The topological polar surface area (TPSA) is 83.8 Å². The van der Waals surface area contributed by atoms with Gasteiger partial charge in [-0.15, -0.1) is 0 Å². The van der Waals surface area contributed by atoms with Crippen molar-refractivity contribution < 1.29 is 4.79 Å². The number of aromatic amines is 1. The maximum absolute atomic E-state index is 11.8. The van der Waals surface area contributed by atoms with Crippen LogP contribution in [-0.2, 0) is 0 Å². The molecule has 0 aliphatic heterocycles. The molecule has 2 aromatic heterocycles. The summed E-state index contributed by atoms with van der Waals surface area (Å²) in [6.45, 7) is 1.87. The first kappa shape index (κ1) is 11.5. The van der Waals surface area contributed by atoms with Gasteiger partial charge in [-0.25, -0.2) is 4.98 Å². The first-order valence-electron chi connectivity index (χ1n) is 4.93. The van der Waals surface area contributed by atoms with Crippen LogP contribution in [0.1, 0.15) is 16.1 Å². The lowest BCUT2D eigenvalue weighted by Gasteiger charge is -2.06. The second-order valence-electron chi connectivity index (χ2n) is 3.65. The Morgan fingerprint density at radius 2 is 2.29 bits per heavy atom. The van der Waals surface area contributed by atoms with Crippen molar-refractivity contribution >= 4 is 28.9 Å². The fourth-order valence-electron chi connectivity index (χ4n) is 1.37. The Morgan fingerprint density at radius 3 is 2.94 bits per heavy atom. The molecule has 2 aromatic rings. The number of pyridine rings is 1. The van der Waals surface area contributed by atoms with Crippen molar-refractivity contribution in [3.8, 4) is 0 Å². The molecule has 6 heteroatoms. The molecule has 0 atom stereocenters. The molecule has 0 aromatic carbocycles. The summed E-state index contributed by atoms with van der Waals surface area (Å²) in [5.41, 5.74) is 7.78. The molecular weight excluding hydrogens is 240 g/mol. The number of nitrogens with zero attached hydrogens (tertiary/aromatic N) is 1. The molecule has 0 fully saturated rings. The van der Waals surface area contributed by atoms with Gasteiger partial charge < -0.3 is 16.0 Å². The summed E-state index contributed by atoms with van der Waals surface area (Å²) in [4.78, 5) is 18.5. The lowest BCUT2D eigenvalue weighted by molar-refractivity contribution is 0.102. The molecule has 1 amide bonds. The largest absolute Gasteiger partial charge is 0.397 e. The fraction of sp³-hybridized carbons (Fsp3) is 0.0909. The minimum atomic E-state index is -0.309. The molecule has 0 aliphatic rings. The van der Waals surface area contributed by atoms with E-state index >= 15 is 0 Å². The molecule has 2 rings (SSSR count). The Bertz CT molecular complexity index is 564. The summed E-state index contributed by atoms with van der Waals surface area (Å²) in [5, 5.41) is 2.91. The molecule has 0 bridgehead atoms. The van der Waals surface area contributed by atoms with Crippen LogP contribution in [-0.4, -0.2) is 15.9 Å². The number of carbonyl (C=O) groups is 1. The molecule has 5 nitrogen and oxygen atoms in total. The lowest BCUT2D eigenvalue weighted by Crippen LogP contribution is -2.13. The minimum Gasteiger partial charge on any atom is -0.397 e. The van der Waals surface area contributed by atoms with Crippen LogP contribution in [0.4, 0.5) is 11.4 Å². The van der Waals surface area contributed by atoms with E-state index in [-0.39, 0.29) is 11.1 Å². The maximum Gasteiger partial charge on any atom is 0.272 e. The Labute approximate surface area is 103 Å². The van der Waals surface area contributed by atoms with Gasteiger partial charge in [0.2, 0.25) is 0 Å². The van der Waals surface area contributed by atoms with Crippen LogP contribution in [0.15, 0.2) is 24.5 Å². The molecule has 0 unspecified atom stereocenters. The molecule has 4 N–H and O–H groups in total. The van der Waals surface area contributed by atoms with Crippen LogP contribution in [0.25, 0.3) is 0 Å². The van der Waals surface area contributed by atoms with Crippen molar-refractivity contribution in [3.05, 3.63) is 40.9 Å². The molecule has 0 saturated heterocycles. The van der Waals surface area contributed by atoms with Gasteiger partial charge in [0.15, 0.2) is 5.15 Å². The standard InChI is InChI=1S/C11H11ClN4O/c1-6-2-8(10(12)15-4-6)16-11(17)9-3-7(13)5-14-9/h2-5,14H,13H2,1H3,(H,16,17). The smallest absolute Gasteiger partial charge is 0.272 e. The highest BCUT2D eigenvalue weighted by atomic mass is 35.5. The molecule has 0 radical (unpaired) electrons. The molecule has 17 heavy (non-hydrogen) atoms. The van der Waals surface area contributed by atoms with Crippen LogP contribution in [0.3, 0.4) is 0 Å². The highest BCUT2D eigenvalue weighted by Gasteiger charge is 2.10. The van der Waals surface area contributed by atoms with Gasteiger partial charge in [-0.2, -0.15) is 0 Å². The van der Waals surface area contributed by atoms with Crippen molar-refractivity contribution in [2.75, 3.05) is 11.1 Å². The second kappa shape index (κ2) is 4.47. The number of aryl methyl sites for hydroxylation is 1. The predicted octanol–water partition coefficient (Wildman–Crippen LogP) is 2.21. The molecule has 2 heterocycles. The lowest BCUT2D eigenvalue weighted by atomic mass is 10.3. The fourth-order valence-corrected chi connectivity index (χ4v) is 1.52. The predicted molar refractivity (Wildman–Crippen MR) is 67.1 cm³/mol. The number of hydrogen-bond donors (Lipinski definition) is 3. The quantitative estimate of drug-likeness (QED) is 0.715. The molecule has 88 valence electrons. The number of nitrogens with one attached hydrogen (secondary N) is 2. The van der Waals surface area contributed by atoms with Crippen LogP contribution < -0.4 is 11.1 Å². The van der Waals surface area contributed by atoms with E-state index in [1.165, 1.54) is 0 Å². The van der Waals surface area contributed by atoms with E-state index in [1.54, 1.807) is 24.5 Å². The van der Waals surface area contributed by atoms with Crippen molar-refractivity contribution in [2.24, 2.45) is 0 Å². The first-order chi connectivity index (χ1) is 8.06. The van der Waals surface area contributed by atoms with Gasteiger partial charge in [0, 0.05) is 18.1 Å². The Balaban J connectivity index is 2.21. The van der Waals surface area contributed by atoms with E-state index in [0.717, 1.165) is 5.56 Å². The third-order valence-electron chi connectivity index (χ3n) is 2.17. The van der Waals surface area contributed by atoms with Gasteiger partial charge in [0.1, 0.15) is 5.69 Å². The summed E-state index contributed by atoms with van der Waals surface area (Å²) in [7, 11) is 0. The number of amides is 1. The SMILES string of the molecule is Cc1cnc(Cl)c(NC(=O)c2cc(N)c[nH]2)c1. The van der Waals surface area contributed by atoms with Crippen LogP contribution in [0.5, 0.6) is 0 Å². The Morgan fingerprint density at radius 1 is 1.53 bits per heavy atom. The van der Waals surface area contributed by atoms with E-state index in [9.17, 15) is 4.79 Å². The Kier molecular flexibility index (Phi) is 3.01. The van der Waals surface area contributed by atoms with Gasteiger partial charge in [-0.3, -0.25) is 4.79 Å². The zero-order valence-corrected chi connectivity index (χ0v) is 9.88. The number of carbonyl (C=O) groups excluding carboxylic acids is 1. The van der Waals surface area contributed by atoms with Crippen LogP contribution in [0, 0.1) is 6.92 Å². The number of H-pyrrole nitrogens is 1. The third-order valence-corrected chi connectivity index (χ3v) is 2.48. The second-order valence-corrected chi connectivity index (χ2v) is 4.01. The number of nitrogens with two attached hydrogens (primary N) is 1. The third kappa shape index (κ3) is 2.57. The zero-order chi connectivity index (χ0) is 12.4. The number of halogens is 1. The number of nitrogen functional groups attached to an aromatic ring is 1.